The average Bonchev–Trinajstić information content (AvgIpc) is 2.76. The lowest BCUT2D eigenvalue weighted by Gasteiger charge is -2.04. The third kappa shape index (κ3) is 2.95. The minimum absolute atomic E-state index is 0.0956. The highest BCUT2D eigenvalue weighted by Crippen LogP contribution is 2.23. The molecule has 1 fully saturated rings. The van der Waals surface area contributed by atoms with Crippen LogP contribution in [0.4, 0.5) is 10.5 Å². The van der Waals surface area contributed by atoms with E-state index in [9.17, 15) is 14.4 Å². The van der Waals surface area contributed by atoms with E-state index in [-0.39, 0.29) is 4.91 Å². The van der Waals surface area contributed by atoms with Crippen LogP contribution in [-0.2, 0) is 9.59 Å². The molecule has 0 bridgehead atoms. The first-order valence-electron chi connectivity index (χ1n) is 6.16. The normalized spacial score (nSPS) is 16.3. The van der Waals surface area contributed by atoms with Gasteiger partial charge in [0.05, 0.1) is 4.91 Å². The van der Waals surface area contributed by atoms with E-state index >= 15 is 0 Å². The Morgan fingerprint density at radius 2 is 1.86 bits per heavy atom. The number of hydrogen-bond acceptors (Lipinski definition) is 4. The molecule has 2 N–H and O–H groups in total. The van der Waals surface area contributed by atoms with Gasteiger partial charge >= 0.3 is 0 Å². The highest BCUT2D eigenvalue weighted by Gasteiger charge is 2.25. The number of carbonyl (C=O) groups excluding carboxylic acids is 3. The van der Waals surface area contributed by atoms with E-state index in [0.29, 0.717) is 17.4 Å². The van der Waals surface area contributed by atoms with Gasteiger partial charge in [-0.2, -0.15) is 0 Å². The summed E-state index contributed by atoms with van der Waals surface area (Å²) in [6.45, 7) is 0. The van der Waals surface area contributed by atoms with Gasteiger partial charge in [0.2, 0.25) is 5.91 Å². The predicted octanol–water partition coefficient (Wildman–Crippen LogP) is 2.65. The molecule has 5 nitrogen and oxygen atoms in total. The SMILES string of the molecule is O=C(/C=C1\SC(=O)NC1=O)Nc1ccc2ccccc2c1. The number of benzene rings is 2. The molecule has 1 aliphatic rings. The number of amides is 3. The van der Waals surface area contributed by atoms with Crippen molar-refractivity contribution in [2.24, 2.45) is 0 Å². The lowest BCUT2D eigenvalue weighted by atomic mass is 10.1. The van der Waals surface area contributed by atoms with Crippen molar-refractivity contribution in [3.8, 4) is 0 Å². The van der Waals surface area contributed by atoms with Crippen LogP contribution in [0.1, 0.15) is 0 Å². The van der Waals surface area contributed by atoms with E-state index < -0.39 is 17.1 Å². The standard InChI is InChI=1S/C15H10N2O3S/c18-13(8-12-14(19)17-15(20)21-12)16-11-6-5-9-3-1-2-4-10(9)7-11/h1-8H,(H,16,18)(H,17,19,20)/b12-8-. The van der Waals surface area contributed by atoms with Crippen LogP contribution in [0.25, 0.3) is 10.8 Å². The van der Waals surface area contributed by atoms with Gasteiger partial charge in [0.15, 0.2) is 0 Å². The molecule has 21 heavy (non-hydrogen) atoms. The molecule has 6 heteroatoms. The molecule has 0 saturated carbocycles. The predicted molar refractivity (Wildman–Crippen MR) is 81.8 cm³/mol. The molecule has 2 aromatic rings. The van der Waals surface area contributed by atoms with Crippen LogP contribution in [0.5, 0.6) is 0 Å². The molecule has 3 amide bonds. The Kier molecular flexibility index (Phi) is 3.45. The molecular weight excluding hydrogens is 288 g/mol. The van der Waals surface area contributed by atoms with E-state index in [2.05, 4.69) is 10.6 Å². The summed E-state index contributed by atoms with van der Waals surface area (Å²) in [6, 6.07) is 13.3. The van der Waals surface area contributed by atoms with Crippen molar-refractivity contribution >= 4 is 45.3 Å². The van der Waals surface area contributed by atoms with Crippen molar-refractivity contribution in [2.45, 2.75) is 0 Å². The number of imide groups is 1. The number of carbonyl (C=O) groups is 3. The number of anilines is 1. The zero-order chi connectivity index (χ0) is 14.8. The quantitative estimate of drug-likeness (QED) is 0.836. The van der Waals surface area contributed by atoms with Crippen molar-refractivity contribution in [1.29, 1.82) is 0 Å². The zero-order valence-corrected chi connectivity index (χ0v) is 11.6. The second-order valence-corrected chi connectivity index (χ2v) is 5.42. The summed E-state index contributed by atoms with van der Waals surface area (Å²) in [6.07, 6.45) is 1.13. The van der Waals surface area contributed by atoms with Gasteiger partial charge in [0.25, 0.3) is 11.1 Å². The Bertz CT molecular complexity index is 798. The van der Waals surface area contributed by atoms with Gasteiger partial charge < -0.3 is 5.32 Å². The first kappa shape index (κ1) is 13.4. The Balaban J connectivity index is 1.79. The molecule has 0 spiro atoms. The zero-order valence-electron chi connectivity index (χ0n) is 10.8. The van der Waals surface area contributed by atoms with Crippen molar-refractivity contribution < 1.29 is 14.4 Å². The van der Waals surface area contributed by atoms with Gasteiger partial charge in [-0.3, -0.25) is 19.7 Å². The molecule has 1 heterocycles. The number of rotatable bonds is 2. The maximum atomic E-state index is 11.9. The Hall–Kier alpha value is -2.60. The lowest BCUT2D eigenvalue weighted by molar-refractivity contribution is -0.116. The summed E-state index contributed by atoms with van der Waals surface area (Å²) < 4.78 is 0. The minimum Gasteiger partial charge on any atom is -0.322 e. The lowest BCUT2D eigenvalue weighted by Crippen LogP contribution is -2.18. The van der Waals surface area contributed by atoms with Crippen molar-refractivity contribution in [1.82, 2.24) is 5.32 Å². The van der Waals surface area contributed by atoms with Gasteiger partial charge in [-0.25, -0.2) is 0 Å². The van der Waals surface area contributed by atoms with Gasteiger partial charge in [-0.05, 0) is 34.7 Å². The molecule has 104 valence electrons. The summed E-state index contributed by atoms with van der Waals surface area (Å²) in [5.74, 6) is -0.990. The summed E-state index contributed by atoms with van der Waals surface area (Å²) in [4.78, 5) is 34.3. The first-order valence-corrected chi connectivity index (χ1v) is 6.98. The van der Waals surface area contributed by atoms with E-state index in [1.807, 2.05) is 36.4 Å². The van der Waals surface area contributed by atoms with Crippen molar-refractivity contribution in [3.05, 3.63) is 53.4 Å². The second-order valence-electron chi connectivity index (χ2n) is 4.40. The summed E-state index contributed by atoms with van der Waals surface area (Å²) >= 11 is 0.716. The van der Waals surface area contributed by atoms with Gasteiger partial charge in [-0.1, -0.05) is 30.3 Å². The van der Waals surface area contributed by atoms with Crippen LogP contribution in [0.3, 0.4) is 0 Å². The van der Waals surface area contributed by atoms with E-state index in [1.165, 1.54) is 0 Å². The maximum absolute atomic E-state index is 11.9. The highest BCUT2D eigenvalue weighted by molar-refractivity contribution is 8.18. The molecule has 0 atom stereocenters. The topological polar surface area (TPSA) is 75.3 Å². The molecule has 1 aliphatic heterocycles. The summed E-state index contributed by atoms with van der Waals surface area (Å²) in [5.41, 5.74) is 0.630. The number of thioether (sulfide) groups is 1. The maximum Gasteiger partial charge on any atom is 0.290 e. The minimum atomic E-state index is -0.543. The Morgan fingerprint density at radius 3 is 2.57 bits per heavy atom. The highest BCUT2D eigenvalue weighted by atomic mass is 32.2. The van der Waals surface area contributed by atoms with E-state index in [4.69, 9.17) is 0 Å². The van der Waals surface area contributed by atoms with E-state index in [1.54, 1.807) is 6.07 Å². The number of nitrogens with one attached hydrogen (secondary N) is 2. The molecule has 0 radical (unpaired) electrons. The Labute approximate surface area is 124 Å². The molecule has 3 rings (SSSR count). The first-order chi connectivity index (χ1) is 10.1. The van der Waals surface area contributed by atoms with Crippen molar-refractivity contribution in [3.63, 3.8) is 0 Å². The molecular formula is C15H10N2O3S. The second kappa shape index (κ2) is 5.41. The number of hydrogen-bond donors (Lipinski definition) is 2. The monoisotopic (exact) mass is 298 g/mol. The fourth-order valence-corrected chi connectivity index (χ4v) is 2.64. The third-order valence-corrected chi connectivity index (χ3v) is 3.73. The molecule has 2 aromatic carbocycles. The van der Waals surface area contributed by atoms with Crippen molar-refractivity contribution in [2.75, 3.05) is 5.32 Å². The molecule has 0 aliphatic carbocycles. The van der Waals surface area contributed by atoms with Gasteiger partial charge in [0, 0.05) is 11.8 Å². The van der Waals surface area contributed by atoms with Crippen LogP contribution in [-0.4, -0.2) is 17.1 Å². The smallest absolute Gasteiger partial charge is 0.290 e. The number of fused-ring (bicyclic) bond motifs is 1. The van der Waals surface area contributed by atoms with Gasteiger partial charge in [0.1, 0.15) is 0 Å². The van der Waals surface area contributed by atoms with Crippen LogP contribution in [0.2, 0.25) is 0 Å². The van der Waals surface area contributed by atoms with Crippen LogP contribution >= 0.6 is 11.8 Å². The van der Waals surface area contributed by atoms with E-state index in [0.717, 1.165) is 16.8 Å². The van der Waals surface area contributed by atoms with Gasteiger partial charge in [-0.15, -0.1) is 0 Å². The average molecular weight is 298 g/mol. The fourth-order valence-electron chi connectivity index (χ4n) is 1.99. The molecule has 1 saturated heterocycles. The summed E-state index contributed by atoms with van der Waals surface area (Å²) in [7, 11) is 0. The molecule has 0 aromatic heterocycles. The molecule has 0 unspecified atom stereocenters. The third-order valence-electron chi connectivity index (χ3n) is 2.92. The summed E-state index contributed by atoms with van der Waals surface area (Å²) in [5, 5.41) is 6.39. The Morgan fingerprint density at radius 1 is 1.10 bits per heavy atom. The van der Waals surface area contributed by atoms with Crippen LogP contribution in [0, 0.1) is 0 Å². The largest absolute Gasteiger partial charge is 0.322 e. The van der Waals surface area contributed by atoms with Crippen LogP contribution < -0.4 is 10.6 Å². The van der Waals surface area contributed by atoms with Crippen LogP contribution in [0.15, 0.2) is 53.4 Å². The fraction of sp³-hybridized carbons (Fsp3) is 0.